The first-order valence-corrected chi connectivity index (χ1v) is 10.5. The number of rotatable bonds is 6. The van der Waals surface area contributed by atoms with Crippen LogP contribution < -0.4 is 0 Å². The summed E-state index contributed by atoms with van der Waals surface area (Å²) in [5.74, 6) is -1.65. The van der Waals surface area contributed by atoms with E-state index in [1.807, 2.05) is 30.3 Å². The lowest BCUT2D eigenvalue weighted by Crippen LogP contribution is -2.08. The van der Waals surface area contributed by atoms with Crippen LogP contribution in [0.3, 0.4) is 0 Å². The quantitative estimate of drug-likeness (QED) is 0.295. The SMILES string of the molecule is CCOC(=O)c1sc2cccc(F)c2c1COC(=O)C=Cc1cccc2cccnc12. The van der Waals surface area contributed by atoms with Crippen molar-refractivity contribution in [3.05, 3.63) is 82.6 Å². The number of nitrogens with zero attached hydrogens (tertiary/aromatic N) is 1. The molecule has 156 valence electrons. The predicted molar refractivity (Wildman–Crippen MR) is 118 cm³/mol. The molecule has 0 saturated heterocycles. The second kappa shape index (κ2) is 9.06. The van der Waals surface area contributed by atoms with E-state index in [1.54, 1.807) is 31.3 Å². The molecule has 0 fully saturated rings. The summed E-state index contributed by atoms with van der Waals surface area (Å²) >= 11 is 1.12. The van der Waals surface area contributed by atoms with E-state index in [9.17, 15) is 14.0 Å². The Labute approximate surface area is 181 Å². The van der Waals surface area contributed by atoms with Crippen molar-refractivity contribution in [2.45, 2.75) is 13.5 Å². The zero-order valence-electron chi connectivity index (χ0n) is 16.6. The summed E-state index contributed by atoms with van der Waals surface area (Å²) in [4.78, 5) is 29.2. The van der Waals surface area contributed by atoms with Gasteiger partial charge in [-0.2, -0.15) is 0 Å². The largest absolute Gasteiger partial charge is 0.462 e. The molecule has 0 spiro atoms. The summed E-state index contributed by atoms with van der Waals surface area (Å²) in [5, 5.41) is 1.22. The Morgan fingerprint density at radius 3 is 2.74 bits per heavy atom. The van der Waals surface area contributed by atoms with Gasteiger partial charge in [-0.05, 0) is 31.2 Å². The Morgan fingerprint density at radius 1 is 1.10 bits per heavy atom. The maximum Gasteiger partial charge on any atom is 0.348 e. The van der Waals surface area contributed by atoms with Gasteiger partial charge in [0.2, 0.25) is 0 Å². The smallest absolute Gasteiger partial charge is 0.348 e. The number of para-hydroxylation sites is 1. The average Bonchev–Trinajstić information content (AvgIpc) is 3.16. The Bertz CT molecular complexity index is 1310. The minimum absolute atomic E-state index is 0.191. The first kappa shape index (κ1) is 20.7. The molecule has 2 heterocycles. The summed E-state index contributed by atoms with van der Waals surface area (Å²) in [6.45, 7) is 1.64. The van der Waals surface area contributed by atoms with Gasteiger partial charge in [-0.3, -0.25) is 4.98 Å². The van der Waals surface area contributed by atoms with Gasteiger partial charge in [0.25, 0.3) is 0 Å². The molecule has 0 aliphatic carbocycles. The second-order valence-electron chi connectivity index (χ2n) is 6.61. The number of thiophene rings is 1. The average molecular weight is 435 g/mol. The number of halogens is 1. The van der Waals surface area contributed by atoms with Gasteiger partial charge in [-0.15, -0.1) is 11.3 Å². The van der Waals surface area contributed by atoms with Crippen molar-refractivity contribution in [3.8, 4) is 0 Å². The highest BCUT2D eigenvalue weighted by molar-refractivity contribution is 7.21. The lowest BCUT2D eigenvalue weighted by atomic mass is 10.1. The van der Waals surface area contributed by atoms with Crippen LogP contribution >= 0.6 is 11.3 Å². The number of fused-ring (bicyclic) bond motifs is 2. The lowest BCUT2D eigenvalue weighted by molar-refractivity contribution is -0.138. The number of ether oxygens (including phenoxy) is 2. The zero-order chi connectivity index (χ0) is 21.8. The van der Waals surface area contributed by atoms with E-state index in [1.165, 1.54) is 12.1 Å². The number of benzene rings is 2. The molecule has 31 heavy (non-hydrogen) atoms. The van der Waals surface area contributed by atoms with Gasteiger partial charge in [0.05, 0.1) is 12.1 Å². The Hall–Kier alpha value is -3.58. The van der Waals surface area contributed by atoms with Crippen molar-refractivity contribution < 1.29 is 23.5 Å². The second-order valence-corrected chi connectivity index (χ2v) is 7.66. The van der Waals surface area contributed by atoms with Gasteiger partial charge in [-0.1, -0.05) is 30.3 Å². The highest BCUT2D eigenvalue weighted by atomic mass is 32.1. The van der Waals surface area contributed by atoms with E-state index in [2.05, 4.69) is 4.98 Å². The Balaban J connectivity index is 1.57. The number of hydrogen-bond donors (Lipinski definition) is 0. The van der Waals surface area contributed by atoms with Crippen LogP contribution in [0.4, 0.5) is 4.39 Å². The molecule has 5 nitrogen and oxygen atoms in total. The van der Waals surface area contributed by atoms with Gasteiger partial charge in [0.1, 0.15) is 17.3 Å². The van der Waals surface area contributed by atoms with Crippen LogP contribution in [0.2, 0.25) is 0 Å². The topological polar surface area (TPSA) is 65.5 Å². The molecule has 7 heteroatoms. The monoisotopic (exact) mass is 435 g/mol. The molecule has 0 atom stereocenters. The van der Waals surface area contributed by atoms with Crippen LogP contribution in [0.25, 0.3) is 27.1 Å². The molecule has 0 aliphatic rings. The first-order chi connectivity index (χ1) is 15.1. The highest BCUT2D eigenvalue weighted by Crippen LogP contribution is 2.34. The summed E-state index contributed by atoms with van der Waals surface area (Å²) in [6, 6.07) is 14.0. The van der Waals surface area contributed by atoms with E-state index >= 15 is 0 Å². The molecule has 0 amide bonds. The molecule has 2 aromatic heterocycles. The molecule has 0 saturated carbocycles. The third-order valence-corrected chi connectivity index (χ3v) is 5.82. The number of carbonyl (C=O) groups is 2. The molecular weight excluding hydrogens is 417 g/mol. The molecule has 4 rings (SSSR count). The van der Waals surface area contributed by atoms with Gasteiger partial charge < -0.3 is 9.47 Å². The third kappa shape index (κ3) is 4.32. The molecule has 2 aromatic carbocycles. The molecule has 0 unspecified atom stereocenters. The highest BCUT2D eigenvalue weighted by Gasteiger charge is 2.22. The van der Waals surface area contributed by atoms with E-state index in [0.29, 0.717) is 10.3 Å². The maximum absolute atomic E-state index is 14.4. The summed E-state index contributed by atoms with van der Waals surface area (Å²) in [5.41, 5.74) is 1.85. The van der Waals surface area contributed by atoms with Gasteiger partial charge >= 0.3 is 11.9 Å². The van der Waals surface area contributed by atoms with Crippen molar-refractivity contribution >= 4 is 50.3 Å². The minimum Gasteiger partial charge on any atom is -0.462 e. The van der Waals surface area contributed by atoms with Crippen LogP contribution in [-0.2, 0) is 20.9 Å². The van der Waals surface area contributed by atoms with E-state index in [4.69, 9.17) is 9.47 Å². The number of hydrogen-bond acceptors (Lipinski definition) is 6. The van der Waals surface area contributed by atoms with Gasteiger partial charge in [0, 0.05) is 38.9 Å². The van der Waals surface area contributed by atoms with E-state index in [0.717, 1.165) is 27.8 Å². The fourth-order valence-corrected chi connectivity index (χ4v) is 4.39. The van der Waals surface area contributed by atoms with Crippen LogP contribution in [0, 0.1) is 5.82 Å². The van der Waals surface area contributed by atoms with Crippen molar-refractivity contribution in [1.82, 2.24) is 4.98 Å². The van der Waals surface area contributed by atoms with Crippen molar-refractivity contribution in [1.29, 1.82) is 0 Å². The Kier molecular flexibility index (Phi) is 6.04. The van der Waals surface area contributed by atoms with E-state index < -0.39 is 17.8 Å². The number of carbonyl (C=O) groups excluding carboxylic acids is 2. The van der Waals surface area contributed by atoms with Crippen LogP contribution in [-0.4, -0.2) is 23.5 Å². The summed E-state index contributed by atoms with van der Waals surface area (Å²) in [7, 11) is 0. The van der Waals surface area contributed by atoms with Gasteiger partial charge in [-0.25, -0.2) is 14.0 Å². The van der Waals surface area contributed by atoms with Crippen LogP contribution in [0.5, 0.6) is 0 Å². The van der Waals surface area contributed by atoms with Crippen LogP contribution in [0.1, 0.15) is 27.7 Å². The lowest BCUT2D eigenvalue weighted by Gasteiger charge is -2.06. The van der Waals surface area contributed by atoms with Crippen molar-refractivity contribution in [3.63, 3.8) is 0 Å². The molecule has 0 radical (unpaired) electrons. The predicted octanol–water partition coefficient (Wildman–Crippen LogP) is 5.52. The first-order valence-electron chi connectivity index (χ1n) is 9.64. The molecular formula is C24H18FNO4S. The summed E-state index contributed by atoms with van der Waals surface area (Å²) < 4.78 is 25.5. The number of esters is 2. The maximum atomic E-state index is 14.4. The Morgan fingerprint density at radius 2 is 1.90 bits per heavy atom. The van der Waals surface area contributed by atoms with Crippen molar-refractivity contribution in [2.75, 3.05) is 6.61 Å². The fourth-order valence-electron chi connectivity index (χ4n) is 3.28. The van der Waals surface area contributed by atoms with Gasteiger partial charge in [0.15, 0.2) is 0 Å². The zero-order valence-corrected chi connectivity index (χ0v) is 17.4. The molecule has 0 bridgehead atoms. The van der Waals surface area contributed by atoms with E-state index in [-0.39, 0.29) is 23.5 Å². The van der Waals surface area contributed by atoms with Crippen LogP contribution in [0.15, 0.2) is 60.8 Å². The molecule has 0 aliphatic heterocycles. The molecule has 0 N–H and O–H groups in total. The fraction of sp³-hybridized carbons (Fsp3) is 0.125. The van der Waals surface area contributed by atoms with Crippen molar-refractivity contribution in [2.24, 2.45) is 0 Å². The molecule has 4 aromatic rings. The summed E-state index contributed by atoms with van der Waals surface area (Å²) in [6.07, 6.45) is 4.60. The third-order valence-electron chi connectivity index (χ3n) is 4.65. The minimum atomic E-state index is -0.613. The normalized spacial score (nSPS) is 11.3. The standard InChI is InChI=1S/C24H18FNO4S/c1-2-29-24(28)23-17(21-18(25)9-4-10-19(21)31-23)14-30-20(27)12-11-16-7-3-6-15-8-5-13-26-22(15)16/h3-13H,2,14H2,1H3. The number of aromatic nitrogens is 1. The number of pyridine rings is 1.